The van der Waals surface area contributed by atoms with E-state index in [0.717, 1.165) is 14.5 Å². The van der Waals surface area contributed by atoms with Crippen molar-refractivity contribution in [2.45, 2.75) is 33.6 Å². The van der Waals surface area contributed by atoms with Crippen LogP contribution in [0.5, 0.6) is 11.5 Å². The maximum atomic E-state index is 13.2. The summed E-state index contributed by atoms with van der Waals surface area (Å²) in [6.45, 7) is 8.85. The summed E-state index contributed by atoms with van der Waals surface area (Å²) in [5.74, 6) is 1.89. The highest BCUT2D eigenvalue weighted by Gasteiger charge is 2.14. The number of benzene rings is 2. The highest BCUT2D eigenvalue weighted by molar-refractivity contribution is 9.10. The lowest BCUT2D eigenvalue weighted by atomic mass is 10.2. The molecule has 0 atom stereocenters. The molecule has 0 radical (unpaired) electrons. The van der Waals surface area contributed by atoms with E-state index in [1.807, 2.05) is 52.0 Å². The molecule has 0 saturated carbocycles. The van der Waals surface area contributed by atoms with Gasteiger partial charge >= 0.3 is 0 Å². The number of aromatic nitrogens is 2. The molecule has 0 aliphatic rings. The van der Waals surface area contributed by atoms with E-state index in [1.54, 1.807) is 12.3 Å². The summed E-state index contributed by atoms with van der Waals surface area (Å²) in [5.41, 5.74) is 1.20. The van der Waals surface area contributed by atoms with Gasteiger partial charge in [0.05, 0.1) is 30.3 Å². The molecule has 0 aliphatic heterocycles. The second kappa shape index (κ2) is 9.75. The van der Waals surface area contributed by atoms with Gasteiger partial charge in [0.25, 0.3) is 5.56 Å². The minimum atomic E-state index is -0.214. The number of hydrogen-bond acceptors (Lipinski definition) is 5. The van der Waals surface area contributed by atoms with E-state index >= 15 is 0 Å². The fraction of sp³-hybridized carbons (Fsp3) is 0.318. The van der Waals surface area contributed by atoms with Gasteiger partial charge < -0.3 is 9.47 Å². The predicted octanol–water partition coefficient (Wildman–Crippen LogP) is 5.72. The lowest BCUT2D eigenvalue weighted by molar-refractivity contribution is 0.287. The molecule has 2 aromatic carbocycles. The smallest absolute Gasteiger partial charge is 0.282 e. The van der Waals surface area contributed by atoms with E-state index < -0.39 is 0 Å². The van der Waals surface area contributed by atoms with Crippen LogP contribution in [0.4, 0.5) is 0 Å². The van der Waals surface area contributed by atoms with Crippen molar-refractivity contribution < 1.29 is 9.47 Å². The van der Waals surface area contributed by atoms with Gasteiger partial charge in [0.1, 0.15) is 5.82 Å². The van der Waals surface area contributed by atoms with Crippen LogP contribution < -0.4 is 15.0 Å². The topological polar surface area (TPSA) is 65.7 Å². The molecule has 0 bridgehead atoms. The fourth-order valence-electron chi connectivity index (χ4n) is 2.96. The SMILES string of the molecule is CCOc1cc(Br)c(C=Nn2c(C(C)C)nc3ccc(Br)cc3c2=O)cc1OCC. The maximum absolute atomic E-state index is 13.2. The van der Waals surface area contributed by atoms with Crippen molar-refractivity contribution in [1.29, 1.82) is 0 Å². The molecular formula is C22H23Br2N3O3. The third-order valence-corrected chi connectivity index (χ3v) is 5.50. The molecule has 0 unspecified atom stereocenters. The van der Waals surface area contributed by atoms with E-state index in [2.05, 4.69) is 41.9 Å². The van der Waals surface area contributed by atoms with Crippen LogP contribution in [0.3, 0.4) is 0 Å². The molecule has 3 rings (SSSR count). The summed E-state index contributed by atoms with van der Waals surface area (Å²) < 4.78 is 14.3. The van der Waals surface area contributed by atoms with Crippen molar-refractivity contribution in [2.75, 3.05) is 13.2 Å². The first-order chi connectivity index (χ1) is 14.3. The Kier molecular flexibility index (Phi) is 7.31. The molecule has 30 heavy (non-hydrogen) atoms. The first-order valence-corrected chi connectivity index (χ1v) is 11.3. The molecule has 6 nitrogen and oxygen atoms in total. The molecule has 3 aromatic rings. The molecule has 0 N–H and O–H groups in total. The van der Waals surface area contributed by atoms with Gasteiger partial charge in [0.15, 0.2) is 11.5 Å². The summed E-state index contributed by atoms with van der Waals surface area (Å²) in [6.07, 6.45) is 1.63. The number of ether oxygens (including phenoxy) is 2. The van der Waals surface area contributed by atoms with Gasteiger partial charge in [-0.15, -0.1) is 0 Å². The third kappa shape index (κ3) is 4.75. The molecule has 0 aliphatic carbocycles. The van der Waals surface area contributed by atoms with Gasteiger partial charge in [-0.1, -0.05) is 29.8 Å². The average molecular weight is 537 g/mol. The number of nitrogens with zero attached hydrogens (tertiary/aromatic N) is 3. The molecule has 0 saturated heterocycles. The molecule has 1 aromatic heterocycles. The molecular weight excluding hydrogens is 514 g/mol. The third-order valence-electron chi connectivity index (χ3n) is 4.32. The normalized spacial score (nSPS) is 11.6. The summed E-state index contributed by atoms with van der Waals surface area (Å²) in [6, 6.07) is 9.16. The summed E-state index contributed by atoms with van der Waals surface area (Å²) in [5, 5.41) is 5.00. The Morgan fingerprint density at radius 2 is 1.77 bits per heavy atom. The first-order valence-electron chi connectivity index (χ1n) is 9.71. The van der Waals surface area contributed by atoms with Crippen molar-refractivity contribution >= 4 is 49.0 Å². The zero-order valence-electron chi connectivity index (χ0n) is 17.3. The second-order valence-electron chi connectivity index (χ2n) is 6.83. The number of rotatable bonds is 7. The molecule has 0 amide bonds. The summed E-state index contributed by atoms with van der Waals surface area (Å²) in [7, 11) is 0. The van der Waals surface area contributed by atoms with Crippen molar-refractivity contribution in [3.63, 3.8) is 0 Å². The van der Waals surface area contributed by atoms with Crippen molar-refractivity contribution in [3.8, 4) is 11.5 Å². The van der Waals surface area contributed by atoms with Crippen LogP contribution in [-0.4, -0.2) is 29.1 Å². The van der Waals surface area contributed by atoms with Crippen LogP contribution in [-0.2, 0) is 0 Å². The van der Waals surface area contributed by atoms with Gasteiger partial charge in [-0.2, -0.15) is 9.78 Å². The zero-order chi connectivity index (χ0) is 21.8. The maximum Gasteiger partial charge on any atom is 0.282 e. The Balaban J connectivity index is 2.13. The van der Waals surface area contributed by atoms with Crippen LogP contribution in [0.15, 0.2) is 49.2 Å². The van der Waals surface area contributed by atoms with E-state index in [-0.39, 0.29) is 11.5 Å². The van der Waals surface area contributed by atoms with E-state index in [4.69, 9.17) is 9.47 Å². The largest absolute Gasteiger partial charge is 0.490 e. The second-order valence-corrected chi connectivity index (χ2v) is 8.60. The van der Waals surface area contributed by atoms with Crippen molar-refractivity contribution in [1.82, 2.24) is 9.66 Å². The summed E-state index contributed by atoms with van der Waals surface area (Å²) >= 11 is 6.97. The highest BCUT2D eigenvalue weighted by Crippen LogP contribution is 2.33. The number of hydrogen-bond donors (Lipinski definition) is 0. The van der Waals surface area contributed by atoms with Gasteiger partial charge in [-0.05, 0) is 60.1 Å². The Morgan fingerprint density at radius 1 is 1.10 bits per heavy atom. The van der Waals surface area contributed by atoms with Crippen LogP contribution in [0.25, 0.3) is 10.9 Å². The lowest BCUT2D eigenvalue weighted by Gasteiger charge is -2.14. The molecule has 8 heteroatoms. The van der Waals surface area contributed by atoms with Crippen LogP contribution >= 0.6 is 31.9 Å². The lowest BCUT2D eigenvalue weighted by Crippen LogP contribution is -2.23. The Labute approximate surface area is 192 Å². The van der Waals surface area contributed by atoms with Crippen LogP contribution in [0.2, 0.25) is 0 Å². The number of fused-ring (bicyclic) bond motifs is 1. The quantitative estimate of drug-likeness (QED) is 0.362. The van der Waals surface area contributed by atoms with E-state index in [9.17, 15) is 4.79 Å². The zero-order valence-corrected chi connectivity index (χ0v) is 20.4. The standard InChI is InChI=1S/C22H23Br2N3O3/c1-5-29-19-9-14(17(24)11-20(19)30-6-2)12-25-27-21(13(3)4)26-18-8-7-15(23)10-16(18)22(27)28/h7-13H,5-6H2,1-4H3. The molecule has 0 fully saturated rings. The van der Waals surface area contributed by atoms with Gasteiger partial charge in [-0.25, -0.2) is 4.98 Å². The van der Waals surface area contributed by atoms with Gasteiger partial charge in [-0.3, -0.25) is 4.79 Å². The predicted molar refractivity (Wildman–Crippen MR) is 127 cm³/mol. The minimum Gasteiger partial charge on any atom is -0.490 e. The van der Waals surface area contributed by atoms with E-state index in [1.165, 1.54) is 4.68 Å². The summed E-state index contributed by atoms with van der Waals surface area (Å²) in [4.78, 5) is 17.8. The monoisotopic (exact) mass is 535 g/mol. The minimum absolute atomic E-state index is 0.0191. The Hall–Kier alpha value is -2.19. The van der Waals surface area contributed by atoms with Crippen LogP contribution in [0.1, 0.15) is 45.0 Å². The fourth-order valence-corrected chi connectivity index (χ4v) is 3.74. The first kappa shape index (κ1) is 22.5. The van der Waals surface area contributed by atoms with Crippen LogP contribution in [0, 0.1) is 0 Å². The van der Waals surface area contributed by atoms with Gasteiger partial charge in [0.2, 0.25) is 0 Å². The van der Waals surface area contributed by atoms with E-state index in [0.29, 0.717) is 41.4 Å². The number of halogens is 2. The molecule has 0 spiro atoms. The van der Waals surface area contributed by atoms with Crippen molar-refractivity contribution in [3.05, 3.63) is 61.0 Å². The van der Waals surface area contributed by atoms with Crippen molar-refractivity contribution in [2.24, 2.45) is 5.10 Å². The Bertz CT molecular complexity index is 1160. The highest BCUT2D eigenvalue weighted by atomic mass is 79.9. The Morgan fingerprint density at radius 3 is 2.40 bits per heavy atom. The molecule has 158 valence electrons. The molecule has 1 heterocycles. The van der Waals surface area contributed by atoms with Gasteiger partial charge in [0, 0.05) is 20.4 Å². The average Bonchev–Trinajstić information content (AvgIpc) is 2.70.